The summed E-state index contributed by atoms with van der Waals surface area (Å²) in [5, 5.41) is 0. The molecule has 0 heterocycles. The van der Waals surface area contributed by atoms with Crippen molar-refractivity contribution < 1.29 is 8.78 Å². The Morgan fingerprint density at radius 3 is 2.33 bits per heavy atom. The zero-order chi connectivity index (χ0) is 11.1. The van der Waals surface area contributed by atoms with Gasteiger partial charge in [-0.15, -0.1) is 0 Å². The lowest BCUT2D eigenvalue weighted by atomic mass is 9.71. The second-order valence-corrected chi connectivity index (χ2v) is 4.44. The molecule has 1 saturated carbocycles. The van der Waals surface area contributed by atoms with Gasteiger partial charge in [0.25, 0.3) is 5.92 Å². The Labute approximate surface area is 88.3 Å². The quantitative estimate of drug-likeness (QED) is 0.799. The fraction of sp³-hybridized carbons (Fsp3) is 0.500. The third-order valence-corrected chi connectivity index (χ3v) is 3.18. The van der Waals surface area contributed by atoms with Crippen LogP contribution in [-0.2, 0) is 11.5 Å². The summed E-state index contributed by atoms with van der Waals surface area (Å²) in [4.78, 5) is 0. The minimum absolute atomic E-state index is 0.0761. The Morgan fingerprint density at radius 1 is 1.27 bits per heavy atom. The van der Waals surface area contributed by atoms with E-state index in [1.165, 1.54) is 6.07 Å². The number of hydrogen-bond acceptors (Lipinski definition) is 1. The highest BCUT2D eigenvalue weighted by Crippen LogP contribution is 2.43. The Balaban J connectivity index is 2.47. The first kappa shape index (κ1) is 10.6. The third kappa shape index (κ3) is 1.76. The molecule has 0 aromatic heterocycles. The van der Waals surface area contributed by atoms with Crippen molar-refractivity contribution in [2.75, 3.05) is 0 Å². The molecule has 1 nitrogen and oxygen atoms in total. The minimum Gasteiger partial charge on any atom is -0.321 e. The van der Waals surface area contributed by atoms with Crippen molar-refractivity contribution in [3.05, 3.63) is 35.4 Å². The lowest BCUT2D eigenvalue weighted by Crippen LogP contribution is -2.44. The lowest BCUT2D eigenvalue weighted by Gasteiger charge is -2.40. The van der Waals surface area contributed by atoms with Gasteiger partial charge in [-0.25, -0.2) is 8.78 Å². The van der Waals surface area contributed by atoms with Crippen molar-refractivity contribution in [3.63, 3.8) is 0 Å². The van der Waals surface area contributed by atoms with Crippen LogP contribution in [0.4, 0.5) is 8.78 Å². The standard InChI is InChI=1S/C12H15F2N/c1-11(13,14)9-5-2-3-6-10(9)12(15)7-4-8-12/h2-3,5-6H,4,7-8,15H2,1H3. The molecular weight excluding hydrogens is 196 g/mol. The smallest absolute Gasteiger partial charge is 0.270 e. The number of benzene rings is 1. The van der Waals surface area contributed by atoms with E-state index in [4.69, 9.17) is 5.73 Å². The van der Waals surface area contributed by atoms with Crippen LogP contribution in [-0.4, -0.2) is 0 Å². The highest BCUT2D eigenvalue weighted by atomic mass is 19.3. The second-order valence-electron chi connectivity index (χ2n) is 4.44. The minimum atomic E-state index is -2.81. The number of halogens is 2. The average molecular weight is 211 g/mol. The first-order valence-electron chi connectivity index (χ1n) is 5.20. The summed E-state index contributed by atoms with van der Waals surface area (Å²) in [5.74, 6) is -2.81. The van der Waals surface area contributed by atoms with Crippen LogP contribution in [0.25, 0.3) is 0 Å². The monoisotopic (exact) mass is 211 g/mol. The van der Waals surface area contributed by atoms with Crippen LogP contribution in [0, 0.1) is 0 Å². The van der Waals surface area contributed by atoms with Gasteiger partial charge in [-0.2, -0.15) is 0 Å². The van der Waals surface area contributed by atoms with Gasteiger partial charge in [0.05, 0.1) is 0 Å². The normalized spacial score (nSPS) is 19.7. The van der Waals surface area contributed by atoms with Crippen molar-refractivity contribution in [1.82, 2.24) is 0 Å². The number of hydrogen-bond donors (Lipinski definition) is 1. The molecule has 0 bridgehead atoms. The van der Waals surface area contributed by atoms with Gasteiger partial charge in [0.1, 0.15) is 0 Å². The van der Waals surface area contributed by atoms with Gasteiger partial charge in [-0.1, -0.05) is 24.3 Å². The van der Waals surface area contributed by atoms with Gasteiger partial charge < -0.3 is 5.73 Å². The maximum Gasteiger partial charge on any atom is 0.270 e. The molecule has 0 saturated heterocycles. The average Bonchev–Trinajstić information content (AvgIpc) is 2.13. The molecule has 1 aromatic rings. The van der Waals surface area contributed by atoms with E-state index in [2.05, 4.69) is 0 Å². The molecule has 0 aliphatic heterocycles. The summed E-state index contributed by atoms with van der Waals surface area (Å²) in [6, 6.07) is 6.62. The first-order valence-corrected chi connectivity index (χ1v) is 5.20. The molecule has 2 rings (SSSR count). The molecule has 2 N–H and O–H groups in total. The maximum absolute atomic E-state index is 13.4. The fourth-order valence-electron chi connectivity index (χ4n) is 2.13. The van der Waals surface area contributed by atoms with Gasteiger partial charge >= 0.3 is 0 Å². The van der Waals surface area contributed by atoms with E-state index in [0.717, 1.165) is 26.2 Å². The lowest BCUT2D eigenvalue weighted by molar-refractivity contribution is 0.0141. The SMILES string of the molecule is CC(F)(F)c1ccccc1C1(N)CCC1. The Bertz CT molecular complexity index is 364. The molecular formula is C12H15F2N. The molecule has 1 aliphatic rings. The third-order valence-electron chi connectivity index (χ3n) is 3.18. The van der Waals surface area contributed by atoms with Crippen LogP contribution in [0.1, 0.15) is 37.3 Å². The van der Waals surface area contributed by atoms with Crippen LogP contribution in [0.5, 0.6) is 0 Å². The summed E-state index contributed by atoms with van der Waals surface area (Å²) < 4.78 is 26.7. The maximum atomic E-state index is 13.4. The Kier molecular flexibility index (Phi) is 2.30. The van der Waals surface area contributed by atoms with Crippen molar-refractivity contribution in [1.29, 1.82) is 0 Å². The topological polar surface area (TPSA) is 26.0 Å². The van der Waals surface area contributed by atoms with E-state index >= 15 is 0 Å². The molecule has 1 aromatic carbocycles. The molecule has 1 aliphatic carbocycles. The predicted octanol–water partition coefficient (Wildman–Crippen LogP) is 3.14. The predicted molar refractivity (Wildman–Crippen MR) is 55.7 cm³/mol. The summed E-state index contributed by atoms with van der Waals surface area (Å²) in [7, 11) is 0. The van der Waals surface area contributed by atoms with Gasteiger partial charge in [0.15, 0.2) is 0 Å². The van der Waals surface area contributed by atoms with Crippen molar-refractivity contribution in [2.45, 2.75) is 37.6 Å². The van der Waals surface area contributed by atoms with Crippen LogP contribution < -0.4 is 5.73 Å². The number of alkyl halides is 2. The van der Waals surface area contributed by atoms with E-state index in [9.17, 15) is 8.78 Å². The number of rotatable bonds is 2. The molecule has 82 valence electrons. The highest BCUT2D eigenvalue weighted by molar-refractivity contribution is 5.37. The Hall–Kier alpha value is -0.960. The van der Waals surface area contributed by atoms with Crippen LogP contribution in [0.3, 0.4) is 0 Å². The highest BCUT2D eigenvalue weighted by Gasteiger charge is 2.40. The zero-order valence-electron chi connectivity index (χ0n) is 8.76. The molecule has 15 heavy (non-hydrogen) atoms. The summed E-state index contributed by atoms with van der Waals surface area (Å²) in [6.07, 6.45) is 2.64. The molecule has 0 spiro atoms. The molecule has 0 unspecified atom stereocenters. The largest absolute Gasteiger partial charge is 0.321 e. The summed E-state index contributed by atoms with van der Waals surface area (Å²) in [5.41, 5.74) is 6.26. The van der Waals surface area contributed by atoms with E-state index in [0.29, 0.717) is 5.56 Å². The number of nitrogens with two attached hydrogens (primary N) is 1. The fourth-order valence-corrected chi connectivity index (χ4v) is 2.13. The molecule has 0 amide bonds. The van der Waals surface area contributed by atoms with Crippen LogP contribution >= 0.6 is 0 Å². The van der Waals surface area contributed by atoms with Gasteiger partial charge in [0, 0.05) is 18.0 Å². The summed E-state index contributed by atoms with van der Waals surface area (Å²) >= 11 is 0. The van der Waals surface area contributed by atoms with E-state index < -0.39 is 11.5 Å². The van der Waals surface area contributed by atoms with Crippen molar-refractivity contribution in [3.8, 4) is 0 Å². The van der Waals surface area contributed by atoms with E-state index in [-0.39, 0.29) is 5.56 Å². The molecule has 0 radical (unpaired) electrons. The van der Waals surface area contributed by atoms with Crippen LogP contribution in [0.2, 0.25) is 0 Å². The van der Waals surface area contributed by atoms with E-state index in [1.807, 2.05) is 0 Å². The zero-order valence-corrected chi connectivity index (χ0v) is 8.76. The van der Waals surface area contributed by atoms with Gasteiger partial charge in [0.2, 0.25) is 0 Å². The Morgan fingerprint density at radius 2 is 1.87 bits per heavy atom. The molecule has 3 heteroatoms. The van der Waals surface area contributed by atoms with Crippen molar-refractivity contribution >= 4 is 0 Å². The second kappa shape index (κ2) is 3.27. The molecule has 1 fully saturated rings. The van der Waals surface area contributed by atoms with Gasteiger partial charge in [-0.05, 0) is 24.8 Å². The van der Waals surface area contributed by atoms with E-state index in [1.54, 1.807) is 18.2 Å². The van der Waals surface area contributed by atoms with Gasteiger partial charge in [-0.3, -0.25) is 0 Å². The van der Waals surface area contributed by atoms with Crippen molar-refractivity contribution in [2.24, 2.45) is 5.73 Å². The summed E-state index contributed by atoms with van der Waals surface area (Å²) in [6.45, 7) is 0.924. The first-order chi connectivity index (χ1) is 6.93. The molecule has 0 atom stereocenters. The van der Waals surface area contributed by atoms with Crippen LogP contribution in [0.15, 0.2) is 24.3 Å².